The number of carboxylic acids is 1. The topological polar surface area (TPSA) is 95.5 Å². The van der Waals surface area contributed by atoms with E-state index in [0.29, 0.717) is 12.8 Å². The third-order valence-electron chi connectivity index (χ3n) is 2.86. The molecule has 0 aliphatic heterocycles. The van der Waals surface area contributed by atoms with Crippen molar-refractivity contribution in [2.24, 2.45) is 5.92 Å². The van der Waals surface area contributed by atoms with E-state index in [0.717, 1.165) is 12.8 Å². The molecule has 0 aliphatic rings. The maximum atomic E-state index is 12.1. The Balaban J connectivity index is 4.68. The van der Waals surface area contributed by atoms with Crippen molar-refractivity contribution in [3.05, 3.63) is 0 Å². The first kappa shape index (κ1) is 18.4. The molecule has 0 unspecified atom stereocenters. The van der Waals surface area contributed by atoms with Crippen LogP contribution in [0.15, 0.2) is 0 Å². The van der Waals surface area contributed by atoms with Crippen LogP contribution < -0.4 is 10.6 Å². The molecule has 0 aliphatic carbocycles. The average molecular weight is 286 g/mol. The number of carbonyl (C=O) groups excluding carboxylic acids is 2. The van der Waals surface area contributed by atoms with Gasteiger partial charge in [0.05, 0.1) is 0 Å². The number of hydrogen-bond donors (Lipinski definition) is 3. The Labute approximate surface area is 120 Å². The number of carboxylic acid groups (broad SMARTS) is 1. The Hall–Kier alpha value is -1.59. The van der Waals surface area contributed by atoms with Gasteiger partial charge >= 0.3 is 5.97 Å². The van der Waals surface area contributed by atoms with Gasteiger partial charge in [-0.05, 0) is 18.8 Å². The highest BCUT2D eigenvalue weighted by atomic mass is 16.4. The van der Waals surface area contributed by atoms with Crippen molar-refractivity contribution >= 4 is 17.8 Å². The van der Waals surface area contributed by atoms with Gasteiger partial charge in [0.1, 0.15) is 12.1 Å². The molecule has 0 saturated carbocycles. The fourth-order valence-corrected chi connectivity index (χ4v) is 1.89. The number of carbonyl (C=O) groups is 3. The van der Waals surface area contributed by atoms with E-state index in [-0.39, 0.29) is 11.8 Å². The number of unbranched alkanes of at least 4 members (excludes halogenated alkanes) is 1. The summed E-state index contributed by atoms with van der Waals surface area (Å²) in [4.78, 5) is 34.3. The lowest BCUT2D eigenvalue weighted by molar-refractivity contribution is -0.142. The first-order chi connectivity index (χ1) is 9.27. The van der Waals surface area contributed by atoms with Crippen LogP contribution >= 0.6 is 0 Å². The standard InChI is InChI=1S/C14H26N2O4/c1-5-6-7-11(14(19)20)16-13(18)12(8-9(2)3)15-10(4)17/h9,11-12H,5-8H2,1-4H3,(H,15,17)(H,16,18)(H,19,20)/t11-,12+/m1/s1. The molecule has 3 N–H and O–H groups in total. The Kier molecular flexibility index (Phi) is 8.59. The summed E-state index contributed by atoms with van der Waals surface area (Å²) < 4.78 is 0. The lowest BCUT2D eigenvalue weighted by atomic mass is 10.0. The number of rotatable bonds is 9. The van der Waals surface area contributed by atoms with E-state index >= 15 is 0 Å². The van der Waals surface area contributed by atoms with Crippen molar-refractivity contribution in [2.45, 2.75) is 65.5 Å². The molecule has 0 fully saturated rings. The van der Waals surface area contributed by atoms with Crippen LogP contribution in [0.1, 0.15) is 53.4 Å². The van der Waals surface area contributed by atoms with Gasteiger partial charge in [-0.2, -0.15) is 0 Å². The van der Waals surface area contributed by atoms with Crippen LogP contribution in [0.2, 0.25) is 0 Å². The summed E-state index contributed by atoms with van der Waals surface area (Å²) in [6.07, 6.45) is 2.46. The molecule has 20 heavy (non-hydrogen) atoms. The molecule has 0 radical (unpaired) electrons. The molecule has 2 amide bonds. The van der Waals surface area contributed by atoms with Crippen LogP contribution in [-0.4, -0.2) is 35.0 Å². The molecular weight excluding hydrogens is 260 g/mol. The van der Waals surface area contributed by atoms with Gasteiger partial charge in [-0.25, -0.2) is 4.79 Å². The van der Waals surface area contributed by atoms with Crippen LogP contribution in [-0.2, 0) is 14.4 Å². The quantitative estimate of drug-likeness (QED) is 0.595. The zero-order valence-corrected chi connectivity index (χ0v) is 12.7. The van der Waals surface area contributed by atoms with Crippen molar-refractivity contribution in [3.8, 4) is 0 Å². The number of nitrogens with one attached hydrogen (secondary N) is 2. The molecule has 0 heterocycles. The summed E-state index contributed by atoms with van der Waals surface area (Å²) in [5.74, 6) is -1.56. The predicted molar refractivity (Wildman–Crippen MR) is 76.2 cm³/mol. The predicted octanol–water partition coefficient (Wildman–Crippen LogP) is 1.30. The van der Waals surface area contributed by atoms with Gasteiger partial charge in [0, 0.05) is 6.92 Å². The van der Waals surface area contributed by atoms with Gasteiger partial charge in [-0.15, -0.1) is 0 Å². The summed E-state index contributed by atoms with van der Waals surface area (Å²) >= 11 is 0. The van der Waals surface area contributed by atoms with Gasteiger partial charge in [0.15, 0.2) is 0 Å². The Morgan fingerprint density at radius 3 is 2.10 bits per heavy atom. The first-order valence-electron chi connectivity index (χ1n) is 7.08. The minimum atomic E-state index is -1.04. The molecule has 0 aromatic heterocycles. The molecule has 0 saturated heterocycles. The smallest absolute Gasteiger partial charge is 0.326 e. The van der Waals surface area contributed by atoms with Crippen molar-refractivity contribution in [1.29, 1.82) is 0 Å². The second-order valence-corrected chi connectivity index (χ2v) is 5.42. The minimum absolute atomic E-state index is 0.219. The number of amides is 2. The van der Waals surface area contributed by atoms with E-state index in [4.69, 9.17) is 5.11 Å². The van der Waals surface area contributed by atoms with Crippen LogP contribution in [0.25, 0.3) is 0 Å². The summed E-state index contributed by atoms with van der Waals surface area (Å²) in [5.41, 5.74) is 0. The normalized spacial score (nSPS) is 13.7. The largest absolute Gasteiger partial charge is 0.480 e. The third-order valence-corrected chi connectivity index (χ3v) is 2.86. The first-order valence-corrected chi connectivity index (χ1v) is 7.08. The van der Waals surface area contributed by atoms with E-state index in [2.05, 4.69) is 10.6 Å². The second-order valence-electron chi connectivity index (χ2n) is 5.42. The van der Waals surface area contributed by atoms with E-state index in [1.165, 1.54) is 6.92 Å². The molecular formula is C14H26N2O4. The summed E-state index contributed by atoms with van der Waals surface area (Å²) in [6, 6.07) is -1.58. The lowest BCUT2D eigenvalue weighted by Crippen LogP contribution is -2.51. The molecule has 6 nitrogen and oxygen atoms in total. The van der Waals surface area contributed by atoms with Crippen LogP contribution in [0, 0.1) is 5.92 Å². The van der Waals surface area contributed by atoms with Crippen molar-refractivity contribution in [3.63, 3.8) is 0 Å². The monoisotopic (exact) mass is 286 g/mol. The lowest BCUT2D eigenvalue weighted by Gasteiger charge is -2.22. The molecule has 0 spiro atoms. The molecule has 0 aromatic carbocycles. The highest BCUT2D eigenvalue weighted by molar-refractivity contribution is 5.89. The van der Waals surface area contributed by atoms with Crippen LogP contribution in [0.5, 0.6) is 0 Å². The highest BCUT2D eigenvalue weighted by Gasteiger charge is 2.25. The summed E-state index contributed by atoms with van der Waals surface area (Å²) in [5, 5.41) is 14.2. The molecule has 6 heteroatoms. The van der Waals surface area contributed by atoms with Gasteiger partial charge < -0.3 is 15.7 Å². The second kappa shape index (κ2) is 9.34. The Morgan fingerprint density at radius 2 is 1.70 bits per heavy atom. The Morgan fingerprint density at radius 1 is 1.10 bits per heavy atom. The molecule has 116 valence electrons. The number of aliphatic carboxylic acids is 1. The van der Waals surface area contributed by atoms with Gasteiger partial charge in [0.25, 0.3) is 0 Å². The van der Waals surface area contributed by atoms with Crippen LogP contribution in [0.3, 0.4) is 0 Å². The van der Waals surface area contributed by atoms with Gasteiger partial charge in [0.2, 0.25) is 11.8 Å². The third kappa shape index (κ3) is 7.76. The SMILES string of the molecule is CCCC[C@@H](NC(=O)[C@H](CC(C)C)NC(C)=O)C(=O)O. The molecule has 0 bridgehead atoms. The maximum Gasteiger partial charge on any atom is 0.326 e. The van der Waals surface area contributed by atoms with E-state index < -0.39 is 24.0 Å². The maximum absolute atomic E-state index is 12.1. The molecule has 0 rings (SSSR count). The van der Waals surface area contributed by atoms with Crippen molar-refractivity contribution in [1.82, 2.24) is 10.6 Å². The Bertz CT molecular complexity index is 342. The average Bonchev–Trinajstić information content (AvgIpc) is 2.31. The summed E-state index contributed by atoms with van der Waals surface area (Å²) in [6.45, 7) is 7.17. The van der Waals surface area contributed by atoms with E-state index in [1.54, 1.807) is 0 Å². The molecule has 2 atom stereocenters. The minimum Gasteiger partial charge on any atom is -0.480 e. The fourth-order valence-electron chi connectivity index (χ4n) is 1.89. The van der Waals surface area contributed by atoms with E-state index in [1.807, 2.05) is 20.8 Å². The zero-order valence-electron chi connectivity index (χ0n) is 12.7. The summed E-state index contributed by atoms with van der Waals surface area (Å²) in [7, 11) is 0. The van der Waals surface area contributed by atoms with Crippen molar-refractivity contribution < 1.29 is 19.5 Å². The van der Waals surface area contributed by atoms with E-state index in [9.17, 15) is 14.4 Å². The van der Waals surface area contributed by atoms with Crippen molar-refractivity contribution in [2.75, 3.05) is 0 Å². The number of hydrogen-bond acceptors (Lipinski definition) is 3. The van der Waals surface area contributed by atoms with Gasteiger partial charge in [-0.3, -0.25) is 9.59 Å². The fraction of sp³-hybridized carbons (Fsp3) is 0.786. The molecule has 0 aromatic rings. The highest BCUT2D eigenvalue weighted by Crippen LogP contribution is 2.07. The van der Waals surface area contributed by atoms with Gasteiger partial charge in [-0.1, -0.05) is 33.6 Å². The van der Waals surface area contributed by atoms with Crippen LogP contribution in [0.4, 0.5) is 0 Å². The zero-order chi connectivity index (χ0) is 15.7.